The molecule has 0 bridgehead atoms. The molecule has 0 saturated heterocycles. The van der Waals surface area contributed by atoms with Crippen LogP contribution in [0.3, 0.4) is 0 Å². The first-order valence-corrected chi connectivity index (χ1v) is 17.2. The van der Waals surface area contributed by atoms with E-state index in [2.05, 4.69) is 172 Å². The fourth-order valence-corrected chi connectivity index (χ4v) is 8.77. The van der Waals surface area contributed by atoms with Crippen molar-refractivity contribution in [3.8, 4) is 50.6 Å². The highest BCUT2D eigenvalue weighted by Gasteiger charge is 2.40. The van der Waals surface area contributed by atoms with Gasteiger partial charge in [0, 0.05) is 49.5 Å². The van der Waals surface area contributed by atoms with Crippen molar-refractivity contribution in [2.75, 3.05) is 0 Å². The van der Waals surface area contributed by atoms with Crippen molar-refractivity contribution >= 4 is 21.8 Å². The SMILES string of the molecule is CC1(C)c2ccccc2-c2c1ccc1c3ccccc3n(-c3cccc(-c4nc(-c5ccccc5)c5c(n4)C(C)(C)c4ccccc4-5)c3)c21. The van der Waals surface area contributed by atoms with Gasteiger partial charge in [-0.25, -0.2) is 9.97 Å². The number of hydrogen-bond donors (Lipinski definition) is 0. The van der Waals surface area contributed by atoms with E-state index < -0.39 is 0 Å². The summed E-state index contributed by atoms with van der Waals surface area (Å²) in [7, 11) is 0. The van der Waals surface area contributed by atoms with Crippen molar-refractivity contribution in [3.05, 3.63) is 162 Å². The van der Waals surface area contributed by atoms with E-state index >= 15 is 0 Å². The molecule has 0 atom stereocenters. The van der Waals surface area contributed by atoms with E-state index in [-0.39, 0.29) is 10.8 Å². The van der Waals surface area contributed by atoms with Crippen molar-refractivity contribution < 1.29 is 0 Å². The lowest BCUT2D eigenvalue weighted by Gasteiger charge is -2.21. The Balaban J connectivity index is 1.24. The van der Waals surface area contributed by atoms with E-state index in [9.17, 15) is 0 Å². The van der Waals surface area contributed by atoms with Gasteiger partial charge in [0.1, 0.15) is 0 Å². The molecular weight excluding hydrogens is 595 g/mol. The Morgan fingerprint density at radius 3 is 1.94 bits per heavy atom. The summed E-state index contributed by atoms with van der Waals surface area (Å²) < 4.78 is 2.47. The topological polar surface area (TPSA) is 30.7 Å². The van der Waals surface area contributed by atoms with Gasteiger partial charge in [0.05, 0.1) is 22.4 Å². The molecule has 0 amide bonds. The van der Waals surface area contributed by atoms with E-state index in [1.807, 2.05) is 0 Å². The molecule has 0 spiro atoms. The maximum absolute atomic E-state index is 5.41. The molecule has 10 rings (SSSR count). The van der Waals surface area contributed by atoms with Crippen molar-refractivity contribution in [2.24, 2.45) is 0 Å². The molecule has 2 aliphatic rings. The van der Waals surface area contributed by atoms with Gasteiger partial charge in [-0.15, -0.1) is 0 Å². The van der Waals surface area contributed by atoms with Crippen LogP contribution >= 0.6 is 0 Å². The maximum atomic E-state index is 5.41. The summed E-state index contributed by atoms with van der Waals surface area (Å²) >= 11 is 0. The second kappa shape index (κ2) is 9.87. The van der Waals surface area contributed by atoms with Crippen LogP contribution in [0.5, 0.6) is 0 Å². The Hall–Kier alpha value is -5.80. The van der Waals surface area contributed by atoms with Gasteiger partial charge in [-0.2, -0.15) is 0 Å². The lowest BCUT2D eigenvalue weighted by molar-refractivity contribution is 0.636. The third kappa shape index (κ3) is 3.79. The molecule has 0 aliphatic heterocycles. The third-order valence-corrected chi connectivity index (χ3v) is 11.2. The van der Waals surface area contributed by atoms with Gasteiger partial charge in [-0.3, -0.25) is 0 Å². The van der Waals surface area contributed by atoms with E-state index in [1.165, 1.54) is 55.2 Å². The van der Waals surface area contributed by atoms with Crippen LogP contribution in [0, 0.1) is 0 Å². The molecule has 0 saturated carbocycles. The Morgan fingerprint density at radius 2 is 1.14 bits per heavy atom. The minimum Gasteiger partial charge on any atom is -0.309 e. The molecular formula is C46H35N3. The zero-order valence-electron chi connectivity index (χ0n) is 28.1. The molecule has 49 heavy (non-hydrogen) atoms. The molecule has 0 radical (unpaired) electrons. The first-order valence-electron chi connectivity index (χ1n) is 17.2. The monoisotopic (exact) mass is 629 g/mol. The smallest absolute Gasteiger partial charge is 0.160 e. The third-order valence-electron chi connectivity index (χ3n) is 11.2. The quantitative estimate of drug-likeness (QED) is 0.195. The molecule has 8 aromatic rings. The van der Waals surface area contributed by atoms with Crippen LogP contribution in [0.1, 0.15) is 50.1 Å². The highest BCUT2D eigenvalue weighted by atomic mass is 15.0. The molecule has 3 heteroatoms. The number of nitrogens with zero attached hydrogens (tertiary/aromatic N) is 3. The summed E-state index contributed by atoms with van der Waals surface area (Å²) in [6.45, 7) is 9.29. The number of hydrogen-bond acceptors (Lipinski definition) is 2. The summed E-state index contributed by atoms with van der Waals surface area (Å²) in [5.74, 6) is 0.748. The van der Waals surface area contributed by atoms with Crippen LogP contribution < -0.4 is 0 Å². The van der Waals surface area contributed by atoms with Crippen LogP contribution in [-0.2, 0) is 10.8 Å². The summed E-state index contributed by atoms with van der Waals surface area (Å²) in [5.41, 5.74) is 16.5. The van der Waals surface area contributed by atoms with Crippen LogP contribution in [0.15, 0.2) is 140 Å². The van der Waals surface area contributed by atoms with Gasteiger partial charge in [-0.05, 0) is 46.0 Å². The number of fused-ring (bicyclic) bond motifs is 10. The van der Waals surface area contributed by atoms with E-state index in [0.29, 0.717) is 0 Å². The molecule has 0 fully saturated rings. The second-order valence-electron chi connectivity index (χ2n) is 14.6. The molecule has 3 nitrogen and oxygen atoms in total. The van der Waals surface area contributed by atoms with E-state index in [1.54, 1.807) is 0 Å². The average Bonchev–Trinajstić information content (AvgIpc) is 3.69. The first-order chi connectivity index (χ1) is 23.8. The van der Waals surface area contributed by atoms with Crippen LogP contribution in [0.2, 0.25) is 0 Å². The average molecular weight is 630 g/mol. The Labute approximate surface area is 286 Å². The summed E-state index contributed by atoms with van der Waals surface area (Å²) in [6, 6.07) is 50.5. The second-order valence-corrected chi connectivity index (χ2v) is 14.6. The van der Waals surface area contributed by atoms with E-state index in [0.717, 1.165) is 39.6 Å². The maximum Gasteiger partial charge on any atom is 0.160 e. The number of aromatic nitrogens is 3. The fraction of sp³-hybridized carbons (Fsp3) is 0.130. The lowest BCUT2D eigenvalue weighted by Crippen LogP contribution is -2.17. The molecule has 2 heterocycles. The molecule has 2 aromatic heterocycles. The van der Waals surface area contributed by atoms with Crippen LogP contribution in [-0.4, -0.2) is 14.5 Å². The summed E-state index contributed by atoms with van der Waals surface area (Å²) in [5, 5.41) is 2.53. The summed E-state index contributed by atoms with van der Waals surface area (Å²) in [4.78, 5) is 10.8. The standard InChI is InChI=1S/C46H35N3/c1-45(2)35-22-11-8-20-33(35)39-37(45)26-25-32-31-19-10-13-24-38(31)49(42(32)39)30-18-14-17-29(27-30)44-47-41(28-15-6-5-7-16-28)40-34-21-9-12-23-36(34)46(3,4)43(40)48-44/h5-27H,1-4H3. The lowest BCUT2D eigenvalue weighted by atomic mass is 9.82. The minimum absolute atomic E-state index is 0.0836. The van der Waals surface area contributed by atoms with Gasteiger partial charge >= 0.3 is 0 Å². The zero-order valence-corrected chi connectivity index (χ0v) is 28.1. The number of para-hydroxylation sites is 1. The minimum atomic E-state index is -0.252. The van der Waals surface area contributed by atoms with Gasteiger partial charge in [-0.1, -0.05) is 149 Å². The summed E-state index contributed by atoms with van der Waals surface area (Å²) in [6.07, 6.45) is 0. The zero-order chi connectivity index (χ0) is 33.1. The van der Waals surface area contributed by atoms with Crippen molar-refractivity contribution in [1.82, 2.24) is 14.5 Å². The van der Waals surface area contributed by atoms with Gasteiger partial charge in [0.25, 0.3) is 0 Å². The highest BCUT2D eigenvalue weighted by Crippen LogP contribution is 2.54. The predicted octanol–water partition coefficient (Wildman–Crippen LogP) is 11.5. The number of benzene rings is 6. The van der Waals surface area contributed by atoms with Crippen molar-refractivity contribution in [1.29, 1.82) is 0 Å². The largest absolute Gasteiger partial charge is 0.309 e. The highest BCUT2D eigenvalue weighted by molar-refractivity contribution is 6.15. The number of rotatable bonds is 3. The van der Waals surface area contributed by atoms with Crippen molar-refractivity contribution in [3.63, 3.8) is 0 Å². The van der Waals surface area contributed by atoms with Gasteiger partial charge in [0.15, 0.2) is 5.82 Å². The van der Waals surface area contributed by atoms with Crippen molar-refractivity contribution in [2.45, 2.75) is 38.5 Å². The Bertz CT molecular complexity index is 2660. The van der Waals surface area contributed by atoms with Crippen LogP contribution in [0.25, 0.3) is 72.4 Å². The Morgan fingerprint density at radius 1 is 0.490 bits per heavy atom. The molecule has 2 aliphatic carbocycles. The van der Waals surface area contributed by atoms with Gasteiger partial charge in [0.2, 0.25) is 0 Å². The predicted molar refractivity (Wildman–Crippen MR) is 202 cm³/mol. The van der Waals surface area contributed by atoms with Gasteiger partial charge < -0.3 is 4.57 Å². The molecule has 6 aromatic carbocycles. The van der Waals surface area contributed by atoms with E-state index in [4.69, 9.17) is 9.97 Å². The Kier molecular flexibility index (Phi) is 5.69. The molecule has 234 valence electrons. The van der Waals surface area contributed by atoms with Crippen LogP contribution in [0.4, 0.5) is 0 Å². The molecule has 0 unspecified atom stereocenters. The fourth-order valence-electron chi connectivity index (χ4n) is 8.77. The first kappa shape index (κ1) is 28.2. The molecule has 0 N–H and O–H groups in total. The normalized spacial score (nSPS) is 14.9.